The number of benzene rings is 2. The molecule has 5 rings (SSSR count). The van der Waals surface area contributed by atoms with Crippen LogP contribution in [0.15, 0.2) is 71.5 Å². The summed E-state index contributed by atoms with van der Waals surface area (Å²) in [6.07, 6.45) is -3.32. The van der Waals surface area contributed by atoms with Crippen LogP contribution in [0.2, 0.25) is 0 Å². The molecule has 0 fully saturated rings. The number of aryl methyl sites for hydroxylation is 2. The number of alkyl halides is 3. The Morgan fingerprint density at radius 2 is 1.80 bits per heavy atom. The van der Waals surface area contributed by atoms with Crippen LogP contribution >= 0.6 is 0 Å². The number of nitrogens with one attached hydrogen (secondary N) is 2. The van der Waals surface area contributed by atoms with Gasteiger partial charge in [0, 0.05) is 42.0 Å². The Hall–Kier alpha value is -4.48. The number of rotatable bonds is 8. The smallest absolute Gasteiger partial charge is 0.389 e. The standard InChI is InChI=1S/C33H34F3N5O3/c1-19-17-41(18-38-19)23-11-9-20(10-12-23)28-27(30(43)37-5)25-16-24(26(39-31(25)44-28)13-14-33(34,35)36)21-7-6-8-22(15-21)29(42)40-32(2,3)4/h6-12,15-18,29,40,42H,13-14H2,1-5H3,(H,37,43). The van der Waals surface area contributed by atoms with Crippen molar-refractivity contribution in [3.8, 4) is 28.1 Å². The summed E-state index contributed by atoms with van der Waals surface area (Å²) >= 11 is 0. The second-order valence-electron chi connectivity index (χ2n) is 11.7. The molecule has 3 heterocycles. The van der Waals surface area contributed by atoms with E-state index in [0.717, 1.165) is 11.4 Å². The number of imidazole rings is 1. The number of carbonyl (C=O) groups is 1. The molecule has 44 heavy (non-hydrogen) atoms. The highest BCUT2D eigenvalue weighted by molar-refractivity contribution is 6.11. The average Bonchev–Trinajstić information content (AvgIpc) is 3.57. The van der Waals surface area contributed by atoms with Crippen molar-refractivity contribution < 1.29 is 27.5 Å². The van der Waals surface area contributed by atoms with Gasteiger partial charge in [-0.2, -0.15) is 13.2 Å². The molecule has 0 radical (unpaired) electrons. The number of halogens is 3. The SMILES string of the molecule is CNC(=O)c1c(-c2ccc(-n3cnc(C)c3)cc2)oc2nc(CCC(F)(F)F)c(-c3cccc(C(O)NC(C)(C)C)c3)cc12. The number of hydrogen-bond acceptors (Lipinski definition) is 6. The molecule has 0 aliphatic heterocycles. The fourth-order valence-electron chi connectivity index (χ4n) is 5.03. The van der Waals surface area contributed by atoms with Gasteiger partial charge in [-0.15, -0.1) is 0 Å². The zero-order chi connectivity index (χ0) is 31.8. The van der Waals surface area contributed by atoms with Gasteiger partial charge in [0.2, 0.25) is 5.71 Å². The molecular formula is C33H34F3N5O3. The van der Waals surface area contributed by atoms with Gasteiger partial charge in [0.05, 0.1) is 28.7 Å². The number of carbonyl (C=O) groups excluding carboxylic acids is 1. The third kappa shape index (κ3) is 6.84. The molecule has 1 unspecified atom stereocenters. The summed E-state index contributed by atoms with van der Waals surface area (Å²) in [6.45, 7) is 7.63. The lowest BCUT2D eigenvalue weighted by Crippen LogP contribution is -2.38. The van der Waals surface area contributed by atoms with Gasteiger partial charge in [0.15, 0.2) is 0 Å². The van der Waals surface area contributed by atoms with Gasteiger partial charge in [-0.3, -0.25) is 10.1 Å². The number of hydrogen-bond donors (Lipinski definition) is 3. The minimum atomic E-state index is -4.40. The fraction of sp³-hybridized carbons (Fsp3) is 0.303. The van der Waals surface area contributed by atoms with Crippen molar-refractivity contribution in [3.05, 3.63) is 89.6 Å². The minimum absolute atomic E-state index is 0.0550. The van der Waals surface area contributed by atoms with Crippen LogP contribution < -0.4 is 10.6 Å². The lowest BCUT2D eigenvalue weighted by atomic mass is 9.96. The summed E-state index contributed by atoms with van der Waals surface area (Å²) in [7, 11) is 1.49. The van der Waals surface area contributed by atoms with Crippen LogP contribution in [-0.2, 0) is 6.42 Å². The Morgan fingerprint density at radius 1 is 1.07 bits per heavy atom. The molecule has 0 saturated carbocycles. The van der Waals surface area contributed by atoms with E-state index in [1.54, 1.807) is 48.8 Å². The van der Waals surface area contributed by atoms with Gasteiger partial charge >= 0.3 is 6.18 Å². The number of amides is 1. The molecule has 11 heteroatoms. The Labute approximate surface area is 253 Å². The molecule has 1 atom stereocenters. The largest absolute Gasteiger partial charge is 0.437 e. The third-order valence-electron chi connectivity index (χ3n) is 7.08. The lowest BCUT2D eigenvalue weighted by Gasteiger charge is -2.25. The van der Waals surface area contributed by atoms with Crippen LogP contribution in [-0.4, -0.2) is 44.3 Å². The fourth-order valence-corrected chi connectivity index (χ4v) is 5.03. The highest BCUT2D eigenvalue weighted by Gasteiger charge is 2.29. The van der Waals surface area contributed by atoms with Crippen LogP contribution in [0.5, 0.6) is 0 Å². The topological polar surface area (TPSA) is 105 Å². The normalized spacial score (nSPS) is 12.9. The van der Waals surface area contributed by atoms with Crippen molar-refractivity contribution >= 4 is 17.0 Å². The molecule has 3 aromatic heterocycles. The molecule has 2 aromatic carbocycles. The first-order valence-electron chi connectivity index (χ1n) is 14.1. The first-order valence-corrected chi connectivity index (χ1v) is 14.1. The van der Waals surface area contributed by atoms with Crippen LogP contribution in [0.3, 0.4) is 0 Å². The first kappa shape index (κ1) is 31.0. The summed E-state index contributed by atoms with van der Waals surface area (Å²) in [4.78, 5) is 22.0. The zero-order valence-corrected chi connectivity index (χ0v) is 25.1. The number of nitrogens with zero attached hydrogens (tertiary/aromatic N) is 3. The van der Waals surface area contributed by atoms with E-state index in [9.17, 15) is 23.1 Å². The lowest BCUT2D eigenvalue weighted by molar-refractivity contribution is -0.134. The molecule has 0 aliphatic rings. The monoisotopic (exact) mass is 605 g/mol. The summed E-state index contributed by atoms with van der Waals surface area (Å²) in [5.74, 6) is -0.180. The van der Waals surface area contributed by atoms with E-state index in [1.807, 2.05) is 50.6 Å². The number of fused-ring (bicyclic) bond motifs is 1. The van der Waals surface area contributed by atoms with Gasteiger partial charge in [-0.05, 0) is 81.6 Å². The molecule has 0 spiro atoms. The van der Waals surface area contributed by atoms with Crippen molar-refractivity contribution in [2.75, 3.05) is 7.05 Å². The second-order valence-corrected chi connectivity index (χ2v) is 11.7. The zero-order valence-electron chi connectivity index (χ0n) is 25.1. The van der Waals surface area contributed by atoms with Crippen LogP contribution in [0, 0.1) is 6.92 Å². The highest BCUT2D eigenvalue weighted by atomic mass is 19.4. The number of pyridine rings is 1. The highest BCUT2D eigenvalue weighted by Crippen LogP contribution is 2.38. The maximum Gasteiger partial charge on any atom is 0.389 e. The van der Waals surface area contributed by atoms with Gasteiger partial charge in [-0.25, -0.2) is 9.97 Å². The molecule has 230 valence electrons. The van der Waals surface area contributed by atoms with Crippen LogP contribution in [0.1, 0.15) is 60.7 Å². The molecule has 0 bridgehead atoms. The van der Waals surface area contributed by atoms with Crippen molar-refractivity contribution in [2.24, 2.45) is 0 Å². The quantitative estimate of drug-likeness (QED) is 0.166. The van der Waals surface area contributed by atoms with E-state index in [4.69, 9.17) is 4.42 Å². The summed E-state index contributed by atoms with van der Waals surface area (Å²) < 4.78 is 48.1. The Bertz CT molecular complexity index is 1800. The van der Waals surface area contributed by atoms with Gasteiger partial charge in [0.25, 0.3) is 5.91 Å². The van der Waals surface area contributed by atoms with Crippen LogP contribution in [0.25, 0.3) is 39.2 Å². The van der Waals surface area contributed by atoms with Crippen molar-refractivity contribution in [2.45, 2.75) is 58.5 Å². The van der Waals surface area contributed by atoms with Gasteiger partial charge < -0.3 is 19.4 Å². The number of aliphatic hydroxyl groups is 1. The maximum absolute atomic E-state index is 13.4. The number of aromatic nitrogens is 3. The second kappa shape index (κ2) is 11.9. The molecule has 5 aromatic rings. The first-order chi connectivity index (χ1) is 20.7. The summed E-state index contributed by atoms with van der Waals surface area (Å²) in [6, 6.07) is 15.9. The molecule has 1 amide bonds. The molecule has 0 aliphatic carbocycles. The molecule has 0 saturated heterocycles. The predicted octanol–water partition coefficient (Wildman–Crippen LogP) is 6.89. The van der Waals surface area contributed by atoms with Crippen molar-refractivity contribution in [3.63, 3.8) is 0 Å². The van der Waals surface area contributed by atoms with E-state index in [2.05, 4.69) is 20.6 Å². The van der Waals surface area contributed by atoms with E-state index < -0.39 is 31.2 Å². The van der Waals surface area contributed by atoms with E-state index in [-0.39, 0.29) is 28.3 Å². The van der Waals surface area contributed by atoms with E-state index >= 15 is 0 Å². The molecule has 3 N–H and O–H groups in total. The average molecular weight is 606 g/mol. The third-order valence-corrected chi connectivity index (χ3v) is 7.08. The number of aliphatic hydroxyl groups excluding tert-OH is 1. The summed E-state index contributed by atoms with van der Waals surface area (Å²) in [5.41, 5.74) is 3.86. The van der Waals surface area contributed by atoms with Gasteiger partial charge in [-0.1, -0.05) is 18.2 Å². The van der Waals surface area contributed by atoms with Crippen molar-refractivity contribution in [1.29, 1.82) is 0 Å². The van der Waals surface area contributed by atoms with Crippen molar-refractivity contribution in [1.82, 2.24) is 25.2 Å². The van der Waals surface area contributed by atoms with E-state index in [0.29, 0.717) is 27.6 Å². The Morgan fingerprint density at radius 3 is 2.41 bits per heavy atom. The van der Waals surface area contributed by atoms with Gasteiger partial charge in [0.1, 0.15) is 12.0 Å². The Kier molecular flexibility index (Phi) is 8.37. The maximum atomic E-state index is 13.4. The van der Waals surface area contributed by atoms with Crippen LogP contribution in [0.4, 0.5) is 13.2 Å². The predicted molar refractivity (Wildman–Crippen MR) is 162 cm³/mol. The Balaban J connectivity index is 1.66. The molecular weight excluding hydrogens is 571 g/mol. The summed E-state index contributed by atoms with van der Waals surface area (Å²) in [5, 5.41) is 16.9. The molecule has 8 nitrogen and oxygen atoms in total. The van der Waals surface area contributed by atoms with E-state index in [1.165, 1.54) is 7.05 Å². The minimum Gasteiger partial charge on any atom is -0.437 e. The number of furan rings is 1.